The molecule has 0 spiro atoms. The van der Waals surface area contributed by atoms with Gasteiger partial charge in [-0.15, -0.1) is 0 Å². The van der Waals surface area contributed by atoms with Gasteiger partial charge in [-0.05, 0) is 42.3 Å². The van der Waals surface area contributed by atoms with E-state index in [1.165, 1.54) is 18.2 Å². The van der Waals surface area contributed by atoms with E-state index >= 15 is 0 Å². The SMILES string of the molecule is O=C(Nc1ccc(Cl)cc1Cl)[C@H](Cc1ccccc1)NS(=O)(=O)c1ccccc1. The molecule has 3 rings (SSSR count). The van der Waals surface area contributed by atoms with Gasteiger partial charge in [0.2, 0.25) is 15.9 Å². The Hall–Kier alpha value is -2.38. The number of halogens is 2. The molecular formula is C21H18Cl2N2O3S. The zero-order valence-corrected chi connectivity index (χ0v) is 17.5. The highest BCUT2D eigenvalue weighted by molar-refractivity contribution is 7.89. The number of rotatable bonds is 7. The maximum absolute atomic E-state index is 12.9. The van der Waals surface area contributed by atoms with E-state index in [2.05, 4.69) is 10.0 Å². The first-order chi connectivity index (χ1) is 13.8. The largest absolute Gasteiger partial charge is 0.323 e. The molecule has 0 saturated carbocycles. The van der Waals surface area contributed by atoms with Crippen molar-refractivity contribution in [3.63, 3.8) is 0 Å². The summed E-state index contributed by atoms with van der Waals surface area (Å²) in [7, 11) is -3.90. The van der Waals surface area contributed by atoms with E-state index in [-0.39, 0.29) is 16.3 Å². The average molecular weight is 449 g/mol. The molecule has 150 valence electrons. The quantitative estimate of drug-likeness (QED) is 0.557. The Balaban J connectivity index is 1.87. The molecular weight excluding hydrogens is 431 g/mol. The van der Waals surface area contributed by atoms with Crippen molar-refractivity contribution in [2.24, 2.45) is 0 Å². The lowest BCUT2D eigenvalue weighted by atomic mass is 10.1. The van der Waals surface area contributed by atoms with Crippen LogP contribution in [0.1, 0.15) is 5.56 Å². The number of sulfonamides is 1. The normalized spacial score (nSPS) is 12.3. The molecule has 1 amide bonds. The number of anilines is 1. The molecule has 0 heterocycles. The van der Waals surface area contributed by atoms with Crippen LogP contribution in [0.4, 0.5) is 5.69 Å². The molecule has 0 bridgehead atoms. The van der Waals surface area contributed by atoms with Gasteiger partial charge in [-0.2, -0.15) is 4.72 Å². The van der Waals surface area contributed by atoms with Crippen molar-refractivity contribution in [3.05, 3.63) is 94.5 Å². The van der Waals surface area contributed by atoms with Crippen molar-refractivity contribution in [2.75, 3.05) is 5.32 Å². The number of nitrogens with one attached hydrogen (secondary N) is 2. The highest BCUT2D eigenvalue weighted by atomic mass is 35.5. The third-order valence-corrected chi connectivity index (χ3v) is 6.17. The van der Waals surface area contributed by atoms with Crippen LogP contribution in [0.15, 0.2) is 83.8 Å². The van der Waals surface area contributed by atoms with E-state index in [9.17, 15) is 13.2 Å². The zero-order chi connectivity index (χ0) is 20.9. The summed E-state index contributed by atoms with van der Waals surface area (Å²) in [5.41, 5.74) is 1.16. The number of benzene rings is 3. The number of hydrogen-bond acceptors (Lipinski definition) is 3. The van der Waals surface area contributed by atoms with Crippen LogP contribution in [0.25, 0.3) is 0 Å². The molecule has 0 unspecified atom stereocenters. The van der Waals surface area contributed by atoms with Crippen molar-refractivity contribution in [3.8, 4) is 0 Å². The fraction of sp³-hybridized carbons (Fsp3) is 0.0952. The van der Waals surface area contributed by atoms with Gasteiger partial charge in [0.25, 0.3) is 0 Å². The second-order valence-electron chi connectivity index (χ2n) is 6.29. The van der Waals surface area contributed by atoms with E-state index in [0.717, 1.165) is 5.56 Å². The molecule has 2 N–H and O–H groups in total. The van der Waals surface area contributed by atoms with Crippen molar-refractivity contribution in [2.45, 2.75) is 17.4 Å². The first-order valence-corrected chi connectivity index (χ1v) is 11.0. The molecule has 0 aliphatic rings. The fourth-order valence-corrected chi connectivity index (χ4v) is 4.38. The Morgan fingerprint density at radius 2 is 1.52 bits per heavy atom. The van der Waals surface area contributed by atoms with Gasteiger partial charge in [-0.3, -0.25) is 4.79 Å². The predicted octanol–water partition coefficient (Wildman–Crippen LogP) is 4.52. The third-order valence-electron chi connectivity index (χ3n) is 4.14. The van der Waals surface area contributed by atoms with Crippen LogP contribution in [0.5, 0.6) is 0 Å². The average Bonchev–Trinajstić information content (AvgIpc) is 2.71. The molecule has 0 fully saturated rings. The number of carbonyl (C=O) groups excluding carboxylic acids is 1. The second kappa shape index (κ2) is 9.41. The summed E-state index contributed by atoms with van der Waals surface area (Å²) < 4.78 is 28.0. The molecule has 29 heavy (non-hydrogen) atoms. The Kier molecular flexibility index (Phi) is 6.92. The van der Waals surface area contributed by atoms with Gasteiger partial charge in [0.15, 0.2) is 0 Å². The maximum atomic E-state index is 12.9. The highest BCUT2D eigenvalue weighted by Gasteiger charge is 2.26. The maximum Gasteiger partial charge on any atom is 0.242 e. The van der Waals surface area contributed by atoms with Crippen LogP contribution in [-0.4, -0.2) is 20.4 Å². The molecule has 0 aromatic heterocycles. The van der Waals surface area contributed by atoms with Crippen LogP contribution in [0, 0.1) is 0 Å². The molecule has 5 nitrogen and oxygen atoms in total. The number of hydrogen-bond donors (Lipinski definition) is 2. The topological polar surface area (TPSA) is 75.3 Å². The number of carbonyl (C=O) groups is 1. The Morgan fingerprint density at radius 3 is 2.14 bits per heavy atom. The molecule has 8 heteroatoms. The van der Waals surface area contributed by atoms with Crippen LogP contribution in [0.2, 0.25) is 10.0 Å². The summed E-state index contributed by atoms with van der Waals surface area (Å²) in [4.78, 5) is 13.0. The molecule has 1 atom stereocenters. The first kappa shape index (κ1) is 21.3. The van der Waals surface area contributed by atoms with Crippen LogP contribution < -0.4 is 10.0 Å². The summed E-state index contributed by atoms with van der Waals surface area (Å²) >= 11 is 12.0. The van der Waals surface area contributed by atoms with E-state index in [1.54, 1.807) is 30.3 Å². The minimum absolute atomic E-state index is 0.0791. The molecule has 0 radical (unpaired) electrons. The minimum atomic E-state index is -3.90. The summed E-state index contributed by atoms with van der Waals surface area (Å²) in [6.45, 7) is 0. The number of amides is 1. The smallest absolute Gasteiger partial charge is 0.242 e. The van der Waals surface area contributed by atoms with Crippen LogP contribution in [-0.2, 0) is 21.2 Å². The molecule has 3 aromatic rings. The van der Waals surface area contributed by atoms with Crippen molar-refractivity contribution < 1.29 is 13.2 Å². The van der Waals surface area contributed by atoms with Crippen molar-refractivity contribution >= 4 is 44.8 Å². The van der Waals surface area contributed by atoms with Gasteiger partial charge >= 0.3 is 0 Å². The molecule has 3 aromatic carbocycles. The van der Waals surface area contributed by atoms with Gasteiger partial charge in [-0.25, -0.2) is 8.42 Å². The molecule has 0 saturated heterocycles. The Bertz CT molecular complexity index is 1090. The van der Waals surface area contributed by atoms with E-state index in [1.807, 2.05) is 30.3 Å². The monoisotopic (exact) mass is 448 g/mol. The fourth-order valence-electron chi connectivity index (χ4n) is 2.70. The zero-order valence-electron chi connectivity index (χ0n) is 15.2. The Morgan fingerprint density at radius 1 is 0.897 bits per heavy atom. The van der Waals surface area contributed by atoms with E-state index < -0.39 is 22.0 Å². The lowest BCUT2D eigenvalue weighted by Gasteiger charge is -2.19. The van der Waals surface area contributed by atoms with Crippen LogP contribution >= 0.6 is 23.2 Å². The molecule has 0 aliphatic heterocycles. The predicted molar refractivity (Wildman–Crippen MR) is 116 cm³/mol. The van der Waals surface area contributed by atoms with E-state index in [4.69, 9.17) is 23.2 Å². The highest BCUT2D eigenvalue weighted by Crippen LogP contribution is 2.25. The van der Waals surface area contributed by atoms with Gasteiger partial charge in [0, 0.05) is 5.02 Å². The summed E-state index contributed by atoms with van der Waals surface area (Å²) in [6, 6.07) is 20.6. The summed E-state index contributed by atoms with van der Waals surface area (Å²) in [6.07, 6.45) is 0.171. The van der Waals surface area contributed by atoms with Gasteiger partial charge in [0.1, 0.15) is 6.04 Å². The molecule has 0 aliphatic carbocycles. The van der Waals surface area contributed by atoms with Crippen molar-refractivity contribution in [1.29, 1.82) is 0 Å². The second-order valence-corrected chi connectivity index (χ2v) is 8.85. The lowest BCUT2D eigenvalue weighted by molar-refractivity contribution is -0.117. The van der Waals surface area contributed by atoms with Gasteiger partial charge in [-0.1, -0.05) is 71.7 Å². The van der Waals surface area contributed by atoms with Gasteiger partial charge < -0.3 is 5.32 Å². The first-order valence-electron chi connectivity index (χ1n) is 8.72. The summed E-state index contributed by atoms with van der Waals surface area (Å²) in [5.74, 6) is -0.530. The summed E-state index contributed by atoms with van der Waals surface area (Å²) in [5, 5.41) is 3.36. The van der Waals surface area contributed by atoms with Crippen molar-refractivity contribution in [1.82, 2.24) is 4.72 Å². The Labute approximate surface area is 179 Å². The van der Waals surface area contributed by atoms with E-state index in [0.29, 0.717) is 10.7 Å². The minimum Gasteiger partial charge on any atom is -0.323 e. The van der Waals surface area contributed by atoms with Gasteiger partial charge in [0.05, 0.1) is 15.6 Å². The lowest BCUT2D eigenvalue weighted by Crippen LogP contribution is -2.45. The van der Waals surface area contributed by atoms with Crippen LogP contribution in [0.3, 0.4) is 0 Å². The standard InChI is InChI=1S/C21H18Cl2N2O3S/c22-16-11-12-19(18(23)14-16)24-21(26)20(13-15-7-3-1-4-8-15)25-29(27,28)17-9-5-2-6-10-17/h1-12,14,20,25H,13H2,(H,24,26)/t20-/m0/s1. The third kappa shape index (κ3) is 5.81.